The fourth-order valence-electron chi connectivity index (χ4n) is 4.45. The minimum atomic E-state index is -1.37. The van der Waals surface area contributed by atoms with Crippen molar-refractivity contribution in [2.75, 3.05) is 32.6 Å². The summed E-state index contributed by atoms with van der Waals surface area (Å²) < 4.78 is 37.7. The van der Waals surface area contributed by atoms with Crippen molar-refractivity contribution in [3.05, 3.63) is 67.7 Å². The van der Waals surface area contributed by atoms with Crippen molar-refractivity contribution in [3.8, 4) is 28.6 Å². The second-order valence-corrected chi connectivity index (χ2v) is 8.71. The SMILES string of the molecule is C=CC(=O)N1CC[C@@H](Oc2cc3c(Nc4cc(-c5ccco5)ccc4OC)ncnc3cc2OC)[C@@H](F)C1. The number of rotatable bonds is 8. The maximum atomic E-state index is 15.0. The highest BCUT2D eigenvalue weighted by molar-refractivity contribution is 5.93. The minimum absolute atomic E-state index is 0.0624. The Kier molecular flexibility index (Phi) is 7.12. The number of likely N-dealkylation sites (tertiary alicyclic amines) is 1. The first-order valence-corrected chi connectivity index (χ1v) is 12.0. The Morgan fingerprint density at radius 1 is 1.16 bits per heavy atom. The summed E-state index contributed by atoms with van der Waals surface area (Å²) in [6.45, 7) is 3.78. The topological polar surface area (TPSA) is 99.0 Å². The summed E-state index contributed by atoms with van der Waals surface area (Å²) in [6, 6.07) is 12.8. The van der Waals surface area contributed by atoms with Gasteiger partial charge < -0.3 is 28.8 Å². The Labute approximate surface area is 218 Å². The van der Waals surface area contributed by atoms with Crippen molar-refractivity contribution >= 4 is 28.3 Å². The largest absolute Gasteiger partial charge is 0.495 e. The Balaban J connectivity index is 1.47. The summed E-state index contributed by atoms with van der Waals surface area (Å²) in [5.74, 6) is 2.29. The number of methoxy groups -OCH3 is 2. The molecule has 1 aliphatic heterocycles. The lowest BCUT2D eigenvalue weighted by Crippen LogP contribution is -2.48. The van der Waals surface area contributed by atoms with Crippen molar-refractivity contribution in [3.63, 3.8) is 0 Å². The van der Waals surface area contributed by atoms with Gasteiger partial charge in [-0.05, 0) is 42.5 Å². The normalized spacial score (nSPS) is 17.2. The van der Waals surface area contributed by atoms with Gasteiger partial charge in [0.1, 0.15) is 29.8 Å². The second-order valence-electron chi connectivity index (χ2n) is 8.71. The van der Waals surface area contributed by atoms with Gasteiger partial charge in [0.05, 0.1) is 38.2 Å². The highest BCUT2D eigenvalue weighted by Crippen LogP contribution is 2.38. The molecule has 0 spiro atoms. The standard InChI is InChI=1S/C28H27FN4O5/c1-4-27(34)33-10-9-23(19(29)15-33)38-26-13-18-20(14-25(26)36-3)30-16-31-28(18)32-21-12-17(7-8-24(21)35-2)22-6-5-11-37-22/h4-8,11-14,16,19,23H,1,9-10,15H2,2-3H3,(H,30,31,32)/t19-,23+/m0/s1. The summed E-state index contributed by atoms with van der Waals surface area (Å²) >= 11 is 0. The number of furan rings is 1. The number of piperidine rings is 1. The van der Waals surface area contributed by atoms with Gasteiger partial charge in [0.15, 0.2) is 17.7 Å². The van der Waals surface area contributed by atoms with Crippen molar-refractivity contribution in [2.45, 2.75) is 18.7 Å². The van der Waals surface area contributed by atoms with Crippen LogP contribution >= 0.6 is 0 Å². The number of nitrogens with zero attached hydrogens (tertiary/aromatic N) is 3. The molecule has 0 aliphatic carbocycles. The highest BCUT2D eigenvalue weighted by Gasteiger charge is 2.33. The second kappa shape index (κ2) is 10.8. The van der Waals surface area contributed by atoms with Gasteiger partial charge >= 0.3 is 0 Å². The van der Waals surface area contributed by atoms with E-state index in [-0.39, 0.29) is 12.5 Å². The summed E-state index contributed by atoms with van der Waals surface area (Å²) in [5.41, 5.74) is 2.14. The summed E-state index contributed by atoms with van der Waals surface area (Å²) in [4.78, 5) is 22.1. The van der Waals surface area contributed by atoms with E-state index in [0.29, 0.717) is 58.4 Å². The van der Waals surface area contributed by atoms with Crippen LogP contribution in [0.2, 0.25) is 0 Å². The zero-order valence-electron chi connectivity index (χ0n) is 21.0. The Bertz CT molecular complexity index is 1460. The van der Waals surface area contributed by atoms with E-state index in [1.807, 2.05) is 30.3 Å². The van der Waals surface area contributed by atoms with Crippen LogP contribution in [0.4, 0.5) is 15.9 Å². The van der Waals surface area contributed by atoms with Crippen LogP contribution < -0.4 is 19.5 Å². The zero-order valence-corrected chi connectivity index (χ0v) is 21.0. The lowest BCUT2D eigenvalue weighted by atomic mass is 10.1. The molecule has 1 aliphatic rings. The van der Waals surface area contributed by atoms with Gasteiger partial charge in [-0.3, -0.25) is 4.79 Å². The Hall–Kier alpha value is -4.60. The molecule has 1 fully saturated rings. The molecule has 0 unspecified atom stereocenters. The van der Waals surface area contributed by atoms with Crippen LogP contribution in [-0.2, 0) is 4.79 Å². The number of hydrogen-bond donors (Lipinski definition) is 1. The van der Waals surface area contributed by atoms with E-state index in [1.165, 1.54) is 24.4 Å². The molecule has 2 aromatic heterocycles. The van der Waals surface area contributed by atoms with Gasteiger partial charge in [-0.15, -0.1) is 0 Å². The summed E-state index contributed by atoms with van der Waals surface area (Å²) in [5, 5.41) is 3.97. The zero-order chi connectivity index (χ0) is 26.6. The van der Waals surface area contributed by atoms with E-state index < -0.39 is 12.3 Å². The maximum Gasteiger partial charge on any atom is 0.246 e. The molecule has 0 radical (unpaired) electrons. The van der Waals surface area contributed by atoms with E-state index in [0.717, 1.165) is 5.56 Å². The number of ether oxygens (including phenoxy) is 3. The number of fused-ring (bicyclic) bond motifs is 1. The number of carbonyl (C=O) groups is 1. The summed E-state index contributed by atoms with van der Waals surface area (Å²) in [7, 11) is 3.10. The predicted octanol–water partition coefficient (Wildman–Crippen LogP) is 5.15. The van der Waals surface area contributed by atoms with Gasteiger partial charge in [-0.1, -0.05) is 6.58 Å². The van der Waals surface area contributed by atoms with Gasteiger partial charge in [-0.2, -0.15) is 0 Å². The van der Waals surface area contributed by atoms with Crippen molar-refractivity contribution in [2.24, 2.45) is 0 Å². The first kappa shape index (κ1) is 25.1. The molecule has 4 aromatic rings. The first-order valence-electron chi connectivity index (χ1n) is 12.0. The van der Waals surface area contributed by atoms with Crippen LogP contribution in [-0.4, -0.2) is 60.4 Å². The molecule has 5 rings (SSSR count). The van der Waals surface area contributed by atoms with Crippen LogP contribution in [0.15, 0.2) is 72.1 Å². The number of amides is 1. The molecule has 38 heavy (non-hydrogen) atoms. The average Bonchev–Trinajstić information content (AvgIpc) is 3.49. The fraction of sp³-hybridized carbons (Fsp3) is 0.250. The van der Waals surface area contributed by atoms with Crippen molar-refractivity contribution < 1.29 is 27.8 Å². The molecule has 0 saturated carbocycles. The molecule has 2 aromatic carbocycles. The van der Waals surface area contributed by atoms with Crippen LogP contribution in [0, 0.1) is 0 Å². The quantitative estimate of drug-likeness (QED) is 0.320. The van der Waals surface area contributed by atoms with Crippen LogP contribution in [0.25, 0.3) is 22.2 Å². The number of aromatic nitrogens is 2. The number of benzene rings is 2. The number of alkyl halides is 1. The molecule has 10 heteroatoms. The van der Waals surface area contributed by atoms with E-state index in [9.17, 15) is 9.18 Å². The van der Waals surface area contributed by atoms with Gasteiger partial charge in [0, 0.05) is 30.0 Å². The molecule has 1 N–H and O–H groups in total. The average molecular weight is 519 g/mol. The summed E-state index contributed by atoms with van der Waals surface area (Å²) in [6.07, 6.45) is 2.45. The van der Waals surface area contributed by atoms with E-state index in [2.05, 4.69) is 21.9 Å². The van der Waals surface area contributed by atoms with Gasteiger partial charge in [0.2, 0.25) is 5.91 Å². The van der Waals surface area contributed by atoms with E-state index in [4.69, 9.17) is 18.6 Å². The molecular formula is C28H27FN4O5. The molecule has 3 heterocycles. The van der Waals surface area contributed by atoms with Crippen LogP contribution in [0.5, 0.6) is 17.2 Å². The third-order valence-electron chi connectivity index (χ3n) is 6.43. The lowest BCUT2D eigenvalue weighted by molar-refractivity contribution is -0.129. The molecule has 9 nitrogen and oxygen atoms in total. The van der Waals surface area contributed by atoms with E-state index in [1.54, 1.807) is 25.5 Å². The van der Waals surface area contributed by atoms with Gasteiger partial charge in [0.25, 0.3) is 0 Å². The number of anilines is 2. The first-order chi connectivity index (χ1) is 18.5. The fourth-order valence-corrected chi connectivity index (χ4v) is 4.45. The monoisotopic (exact) mass is 518 g/mol. The highest BCUT2D eigenvalue weighted by atomic mass is 19.1. The van der Waals surface area contributed by atoms with Crippen LogP contribution in [0.1, 0.15) is 6.42 Å². The molecule has 1 saturated heterocycles. The number of hydrogen-bond acceptors (Lipinski definition) is 8. The molecule has 2 atom stereocenters. The van der Waals surface area contributed by atoms with Crippen LogP contribution in [0.3, 0.4) is 0 Å². The maximum absolute atomic E-state index is 15.0. The molecule has 196 valence electrons. The third-order valence-corrected chi connectivity index (χ3v) is 6.43. The number of carbonyl (C=O) groups excluding carboxylic acids is 1. The molecular weight excluding hydrogens is 491 g/mol. The smallest absolute Gasteiger partial charge is 0.246 e. The predicted molar refractivity (Wildman–Crippen MR) is 141 cm³/mol. The molecule has 1 amide bonds. The number of halogens is 1. The third kappa shape index (κ3) is 4.97. The Morgan fingerprint density at radius 2 is 2.00 bits per heavy atom. The van der Waals surface area contributed by atoms with Crippen molar-refractivity contribution in [1.82, 2.24) is 14.9 Å². The van der Waals surface area contributed by atoms with E-state index >= 15 is 0 Å². The number of nitrogens with one attached hydrogen (secondary N) is 1. The minimum Gasteiger partial charge on any atom is -0.495 e. The van der Waals surface area contributed by atoms with Crippen molar-refractivity contribution in [1.29, 1.82) is 0 Å². The van der Waals surface area contributed by atoms with Gasteiger partial charge in [-0.25, -0.2) is 14.4 Å². The molecule has 0 bridgehead atoms. The Morgan fingerprint density at radius 3 is 2.71 bits per heavy atom. The lowest BCUT2D eigenvalue weighted by Gasteiger charge is -2.34.